The third-order valence-corrected chi connectivity index (χ3v) is 13.9. The molecular weight excluding hydrogens is 307 g/mol. The van der Waals surface area contributed by atoms with Crippen LogP contribution < -0.4 is 0 Å². The van der Waals surface area contributed by atoms with Crippen molar-refractivity contribution in [3.8, 4) is 0 Å². The summed E-state index contributed by atoms with van der Waals surface area (Å²) in [7, 11) is 1.84. The van der Waals surface area contributed by atoms with Crippen molar-refractivity contribution in [2.24, 2.45) is 0 Å². The van der Waals surface area contributed by atoms with Crippen LogP contribution in [0.25, 0.3) is 0 Å². The average Bonchev–Trinajstić information content (AvgIpc) is 2.40. The van der Waals surface area contributed by atoms with Crippen LogP contribution in [0.15, 0.2) is 0 Å². The predicted molar refractivity (Wildman–Crippen MR) is 91.9 cm³/mol. The number of ether oxygens (including phenoxy) is 1. The fourth-order valence-electron chi connectivity index (χ4n) is 2.65. The van der Waals surface area contributed by atoms with Gasteiger partial charge in [0.2, 0.25) is 0 Å². The maximum atomic E-state index is 5.41. The summed E-state index contributed by atoms with van der Waals surface area (Å²) in [5, 5.41) is -1.67. The van der Waals surface area contributed by atoms with E-state index in [0.717, 1.165) is 6.61 Å². The maximum absolute atomic E-state index is 5.41. The van der Waals surface area contributed by atoms with Gasteiger partial charge in [-0.1, -0.05) is 0 Å². The third kappa shape index (κ3) is 6.87. The first-order valence-corrected chi connectivity index (χ1v) is 12.7. The minimum atomic E-state index is -1.67. The first-order valence-electron chi connectivity index (χ1n) is 7.75. The van der Waals surface area contributed by atoms with E-state index in [0.29, 0.717) is 0 Å². The normalized spacial score (nSPS) is 14.4. The number of rotatable bonds is 12. The van der Waals surface area contributed by atoms with Gasteiger partial charge in [0, 0.05) is 0 Å². The van der Waals surface area contributed by atoms with Gasteiger partial charge in [-0.05, 0) is 0 Å². The fraction of sp³-hybridized carbons (Fsp3) is 1.00. The molecule has 0 N–H and O–H groups in total. The summed E-state index contributed by atoms with van der Waals surface area (Å²) in [4.78, 5) is 0. The number of halogens is 1. The quantitative estimate of drug-likeness (QED) is 0.402. The van der Waals surface area contributed by atoms with Crippen LogP contribution >= 0.6 is 20.8 Å². The molecule has 0 bridgehead atoms. The van der Waals surface area contributed by atoms with Crippen molar-refractivity contribution in [2.45, 2.75) is 59.3 Å². The summed E-state index contributed by atoms with van der Waals surface area (Å²) in [6, 6.07) is 0. The molecule has 0 saturated heterocycles. The van der Waals surface area contributed by atoms with E-state index in [1.807, 2.05) is 7.11 Å². The second kappa shape index (κ2) is 9.72. The predicted octanol–water partition coefficient (Wildman–Crippen LogP) is 5.90. The molecular formula is C15H34BrOP. The molecule has 0 aliphatic rings. The molecule has 0 heterocycles. The van der Waals surface area contributed by atoms with Crippen LogP contribution in [0.5, 0.6) is 0 Å². The molecule has 0 spiro atoms. The standard InChI is InChI=1S/C15H34BrOP/c1-5-8-12-18(16,13-9-6-2,14-10-7-3)15-11-17-4/h5-15H2,1-4H3. The molecule has 0 aromatic rings. The van der Waals surface area contributed by atoms with Gasteiger partial charge in [-0.3, -0.25) is 0 Å². The molecule has 0 unspecified atom stereocenters. The van der Waals surface area contributed by atoms with E-state index in [-0.39, 0.29) is 0 Å². The van der Waals surface area contributed by atoms with E-state index in [4.69, 9.17) is 4.74 Å². The van der Waals surface area contributed by atoms with Gasteiger partial charge in [0.05, 0.1) is 0 Å². The van der Waals surface area contributed by atoms with Crippen molar-refractivity contribution in [1.29, 1.82) is 0 Å². The summed E-state index contributed by atoms with van der Waals surface area (Å²) in [5.41, 5.74) is 0. The van der Waals surface area contributed by atoms with Gasteiger partial charge < -0.3 is 0 Å². The van der Waals surface area contributed by atoms with Crippen LogP contribution in [-0.2, 0) is 4.74 Å². The topological polar surface area (TPSA) is 9.23 Å². The van der Waals surface area contributed by atoms with Gasteiger partial charge in [0.1, 0.15) is 0 Å². The van der Waals surface area contributed by atoms with Crippen LogP contribution in [-0.4, -0.2) is 38.4 Å². The molecule has 1 nitrogen and oxygen atoms in total. The summed E-state index contributed by atoms with van der Waals surface area (Å²) in [6.45, 7) is 7.86. The molecule has 0 aromatic heterocycles. The van der Waals surface area contributed by atoms with E-state index in [1.165, 1.54) is 63.2 Å². The number of unbranched alkanes of at least 4 members (excludes halogenated alkanes) is 3. The molecule has 0 atom stereocenters. The van der Waals surface area contributed by atoms with Crippen molar-refractivity contribution in [3.63, 3.8) is 0 Å². The molecule has 0 aliphatic carbocycles. The molecule has 3 heteroatoms. The molecule has 0 rings (SSSR count). The summed E-state index contributed by atoms with van der Waals surface area (Å²) in [6.07, 6.45) is 13.6. The molecule has 18 heavy (non-hydrogen) atoms. The minimum absolute atomic E-state index is 0.931. The fourth-order valence-corrected chi connectivity index (χ4v) is 10.6. The van der Waals surface area contributed by atoms with Crippen molar-refractivity contribution in [1.82, 2.24) is 0 Å². The Hall–Kier alpha value is 0.870. The van der Waals surface area contributed by atoms with Crippen LogP contribution in [0.4, 0.5) is 0 Å². The monoisotopic (exact) mass is 340 g/mol. The Morgan fingerprint density at radius 2 is 1.17 bits per heavy atom. The van der Waals surface area contributed by atoms with Crippen LogP contribution in [0.2, 0.25) is 0 Å². The molecule has 0 amide bonds. The molecule has 112 valence electrons. The van der Waals surface area contributed by atoms with Crippen molar-refractivity contribution in [3.05, 3.63) is 0 Å². The first-order chi connectivity index (χ1) is 8.54. The van der Waals surface area contributed by atoms with Gasteiger partial charge in [-0.2, -0.15) is 0 Å². The molecule has 0 fully saturated rings. The van der Waals surface area contributed by atoms with Gasteiger partial charge in [0.15, 0.2) is 0 Å². The van der Waals surface area contributed by atoms with Crippen molar-refractivity contribution < 1.29 is 4.74 Å². The Balaban J connectivity index is 4.82. The van der Waals surface area contributed by atoms with Crippen molar-refractivity contribution >= 4 is 20.8 Å². The number of methoxy groups -OCH3 is 1. The Kier molecular flexibility index (Phi) is 10.2. The molecule has 0 aliphatic heterocycles. The van der Waals surface area contributed by atoms with Gasteiger partial charge in [0.25, 0.3) is 0 Å². The first kappa shape index (κ1) is 18.9. The summed E-state index contributed by atoms with van der Waals surface area (Å²) in [5.74, 6) is 0. The molecule has 0 radical (unpaired) electrons. The average molecular weight is 341 g/mol. The second-order valence-electron chi connectivity index (χ2n) is 5.77. The number of hydrogen-bond donors (Lipinski definition) is 0. The zero-order chi connectivity index (χ0) is 13.9. The van der Waals surface area contributed by atoms with Gasteiger partial charge in [-0.25, -0.2) is 0 Å². The Labute approximate surface area is 123 Å². The van der Waals surface area contributed by atoms with E-state index in [1.54, 1.807) is 0 Å². The Morgan fingerprint density at radius 1 is 0.778 bits per heavy atom. The molecule has 0 aromatic carbocycles. The van der Waals surface area contributed by atoms with Gasteiger partial charge in [-0.15, -0.1) is 0 Å². The Morgan fingerprint density at radius 3 is 1.44 bits per heavy atom. The number of hydrogen-bond acceptors (Lipinski definition) is 1. The summed E-state index contributed by atoms with van der Waals surface area (Å²) >= 11 is 4.35. The van der Waals surface area contributed by atoms with Crippen molar-refractivity contribution in [2.75, 3.05) is 38.4 Å². The Bertz CT molecular complexity index is 165. The van der Waals surface area contributed by atoms with E-state index in [9.17, 15) is 0 Å². The van der Waals surface area contributed by atoms with E-state index < -0.39 is 5.31 Å². The zero-order valence-electron chi connectivity index (χ0n) is 13.0. The van der Waals surface area contributed by atoms with Gasteiger partial charge >= 0.3 is 123 Å². The SMILES string of the molecule is CCCCP(Br)(CCCC)(CCCC)CCOC. The van der Waals surface area contributed by atoms with Crippen LogP contribution in [0.1, 0.15) is 59.3 Å². The van der Waals surface area contributed by atoms with E-state index in [2.05, 4.69) is 36.3 Å². The van der Waals surface area contributed by atoms with E-state index >= 15 is 0 Å². The molecule has 0 saturated carbocycles. The summed E-state index contributed by atoms with van der Waals surface area (Å²) < 4.78 is 5.41. The van der Waals surface area contributed by atoms with Crippen LogP contribution in [0, 0.1) is 0 Å². The zero-order valence-corrected chi connectivity index (χ0v) is 15.5. The second-order valence-corrected chi connectivity index (χ2v) is 17.2. The third-order valence-electron chi connectivity index (χ3n) is 4.07. The van der Waals surface area contributed by atoms with Crippen LogP contribution in [0.3, 0.4) is 0 Å².